The fourth-order valence-corrected chi connectivity index (χ4v) is 1.70. The number of rotatable bonds is 4. The summed E-state index contributed by atoms with van der Waals surface area (Å²) in [4.78, 5) is 10.8. The smallest absolute Gasteiger partial charge is 0.371 e. The number of hydrogen-bond acceptors (Lipinski definition) is 3. The molecule has 0 bridgehead atoms. The van der Waals surface area contributed by atoms with Gasteiger partial charge in [-0.05, 0) is 37.6 Å². The maximum absolute atomic E-state index is 13.4. The highest BCUT2D eigenvalue weighted by Gasteiger charge is 2.12. The molecule has 0 amide bonds. The van der Waals surface area contributed by atoms with Crippen molar-refractivity contribution in [3.8, 4) is 0 Å². The summed E-state index contributed by atoms with van der Waals surface area (Å²) < 4.78 is 18.5. The Morgan fingerprint density at radius 1 is 1.37 bits per heavy atom. The van der Waals surface area contributed by atoms with E-state index in [0.29, 0.717) is 23.6 Å². The molecule has 0 spiro atoms. The first-order valence-corrected chi connectivity index (χ1v) is 5.80. The minimum absolute atomic E-state index is 0.0932. The Balaban J connectivity index is 2.09. The van der Waals surface area contributed by atoms with E-state index in [2.05, 4.69) is 5.32 Å². The Labute approximate surface area is 109 Å². The van der Waals surface area contributed by atoms with Gasteiger partial charge in [0.25, 0.3) is 0 Å². The molecule has 0 unspecified atom stereocenters. The minimum Gasteiger partial charge on any atom is -0.475 e. The molecule has 100 valence electrons. The van der Waals surface area contributed by atoms with Crippen LogP contribution in [0, 0.1) is 19.7 Å². The van der Waals surface area contributed by atoms with E-state index in [0.717, 1.165) is 5.56 Å². The summed E-state index contributed by atoms with van der Waals surface area (Å²) >= 11 is 0. The van der Waals surface area contributed by atoms with Gasteiger partial charge in [-0.15, -0.1) is 0 Å². The number of carbonyl (C=O) groups is 1. The number of furan rings is 1. The summed E-state index contributed by atoms with van der Waals surface area (Å²) in [6, 6.07) is 6.33. The molecular formula is C14H14FNO3. The van der Waals surface area contributed by atoms with Crippen molar-refractivity contribution in [1.29, 1.82) is 0 Å². The van der Waals surface area contributed by atoms with E-state index in [1.165, 1.54) is 12.1 Å². The summed E-state index contributed by atoms with van der Waals surface area (Å²) in [5.41, 5.74) is 1.96. The number of nitrogens with one attached hydrogen (secondary N) is 1. The van der Waals surface area contributed by atoms with Crippen LogP contribution in [0.1, 0.15) is 27.4 Å². The second kappa shape index (κ2) is 5.14. The zero-order chi connectivity index (χ0) is 14.0. The van der Waals surface area contributed by atoms with Gasteiger partial charge in [-0.3, -0.25) is 0 Å². The van der Waals surface area contributed by atoms with E-state index >= 15 is 0 Å². The van der Waals surface area contributed by atoms with Crippen LogP contribution in [0.4, 0.5) is 10.1 Å². The van der Waals surface area contributed by atoms with Crippen molar-refractivity contribution < 1.29 is 18.7 Å². The zero-order valence-corrected chi connectivity index (χ0v) is 10.7. The molecule has 0 aliphatic rings. The van der Waals surface area contributed by atoms with E-state index in [1.807, 2.05) is 0 Å². The molecule has 5 heteroatoms. The minimum atomic E-state index is -1.10. The molecule has 2 rings (SSSR count). The average Bonchev–Trinajstić information content (AvgIpc) is 2.73. The van der Waals surface area contributed by atoms with Crippen LogP contribution in [0.3, 0.4) is 0 Å². The van der Waals surface area contributed by atoms with E-state index in [4.69, 9.17) is 9.52 Å². The lowest BCUT2D eigenvalue weighted by atomic mass is 10.2. The van der Waals surface area contributed by atoms with Crippen molar-refractivity contribution in [1.82, 2.24) is 0 Å². The number of hydrogen-bond donors (Lipinski definition) is 2. The number of aromatic carboxylic acids is 1. The van der Waals surface area contributed by atoms with Crippen LogP contribution in [0.2, 0.25) is 0 Å². The molecule has 0 atom stereocenters. The van der Waals surface area contributed by atoms with E-state index in [9.17, 15) is 9.18 Å². The van der Waals surface area contributed by atoms with Crippen LogP contribution in [0.15, 0.2) is 28.7 Å². The van der Waals surface area contributed by atoms with Gasteiger partial charge < -0.3 is 14.8 Å². The van der Waals surface area contributed by atoms with Crippen molar-refractivity contribution in [3.63, 3.8) is 0 Å². The lowest BCUT2D eigenvalue weighted by Gasteiger charge is -2.06. The predicted octanol–water partition coefficient (Wildman–Crippen LogP) is 3.35. The van der Waals surface area contributed by atoms with Gasteiger partial charge in [0.05, 0.1) is 0 Å². The summed E-state index contributed by atoms with van der Waals surface area (Å²) in [5, 5.41) is 11.8. The predicted molar refractivity (Wildman–Crippen MR) is 68.9 cm³/mol. The van der Waals surface area contributed by atoms with Gasteiger partial charge in [-0.1, -0.05) is 6.07 Å². The molecule has 19 heavy (non-hydrogen) atoms. The highest BCUT2D eigenvalue weighted by Crippen LogP contribution is 2.18. The number of carboxylic acids is 1. The quantitative estimate of drug-likeness (QED) is 0.888. The average molecular weight is 263 g/mol. The van der Waals surface area contributed by atoms with Gasteiger partial charge in [0.15, 0.2) is 0 Å². The van der Waals surface area contributed by atoms with Crippen molar-refractivity contribution >= 4 is 11.7 Å². The van der Waals surface area contributed by atoms with Crippen LogP contribution in [-0.2, 0) is 6.54 Å². The first kappa shape index (κ1) is 13.1. The van der Waals surface area contributed by atoms with E-state index in [1.54, 1.807) is 26.0 Å². The molecule has 0 saturated carbocycles. The summed E-state index contributed by atoms with van der Waals surface area (Å²) in [6.07, 6.45) is 0. The van der Waals surface area contributed by atoms with Gasteiger partial charge in [0, 0.05) is 17.8 Å². The lowest BCUT2D eigenvalue weighted by molar-refractivity contribution is 0.0661. The molecule has 2 N–H and O–H groups in total. The molecule has 4 nitrogen and oxygen atoms in total. The lowest BCUT2D eigenvalue weighted by Crippen LogP contribution is -2.00. The van der Waals surface area contributed by atoms with E-state index < -0.39 is 5.97 Å². The Hall–Kier alpha value is -2.30. The van der Waals surface area contributed by atoms with Gasteiger partial charge in [-0.2, -0.15) is 0 Å². The number of carboxylic acid groups (broad SMARTS) is 1. The van der Waals surface area contributed by atoms with Crippen LogP contribution in [0.25, 0.3) is 0 Å². The summed E-state index contributed by atoms with van der Waals surface area (Å²) in [6.45, 7) is 3.77. The van der Waals surface area contributed by atoms with Crippen LogP contribution >= 0.6 is 0 Å². The fourth-order valence-electron chi connectivity index (χ4n) is 1.70. The monoisotopic (exact) mass is 263 g/mol. The third-order valence-corrected chi connectivity index (χ3v) is 2.89. The summed E-state index contributed by atoms with van der Waals surface area (Å²) in [5.74, 6) is -0.933. The number of halogens is 1. The zero-order valence-electron chi connectivity index (χ0n) is 10.7. The maximum Gasteiger partial charge on any atom is 0.371 e. The highest BCUT2D eigenvalue weighted by atomic mass is 19.1. The topological polar surface area (TPSA) is 62.5 Å². The third-order valence-electron chi connectivity index (χ3n) is 2.89. The van der Waals surface area contributed by atoms with Gasteiger partial charge in [-0.25, -0.2) is 9.18 Å². The highest BCUT2D eigenvalue weighted by molar-refractivity contribution is 5.84. The first-order valence-electron chi connectivity index (χ1n) is 5.80. The van der Waals surface area contributed by atoms with E-state index in [-0.39, 0.29) is 11.6 Å². The van der Waals surface area contributed by atoms with Crippen molar-refractivity contribution in [3.05, 3.63) is 52.7 Å². The number of aryl methyl sites for hydroxylation is 2. The SMILES string of the molecule is Cc1ccc(NCc2cc(C(=O)O)oc2C)cc1F. The Bertz CT molecular complexity index is 619. The second-order valence-corrected chi connectivity index (χ2v) is 4.31. The normalized spacial score (nSPS) is 10.5. The largest absolute Gasteiger partial charge is 0.475 e. The molecule has 0 aliphatic carbocycles. The van der Waals surface area contributed by atoms with Gasteiger partial charge in [0.2, 0.25) is 5.76 Å². The Kier molecular flexibility index (Phi) is 3.55. The molecule has 1 heterocycles. The standard InChI is InChI=1S/C14H14FNO3/c1-8-3-4-11(6-12(8)15)16-7-10-5-13(14(17)18)19-9(10)2/h3-6,16H,7H2,1-2H3,(H,17,18). The maximum atomic E-state index is 13.4. The van der Waals surface area contributed by atoms with Gasteiger partial charge in [0.1, 0.15) is 11.6 Å². The van der Waals surface area contributed by atoms with Crippen molar-refractivity contribution in [2.75, 3.05) is 5.32 Å². The molecule has 1 aromatic heterocycles. The molecular weight excluding hydrogens is 249 g/mol. The molecule has 0 radical (unpaired) electrons. The molecule has 0 aliphatic heterocycles. The van der Waals surface area contributed by atoms with Crippen molar-refractivity contribution in [2.24, 2.45) is 0 Å². The third kappa shape index (κ3) is 2.93. The molecule has 1 aromatic carbocycles. The number of anilines is 1. The summed E-state index contributed by atoms with van der Waals surface area (Å²) in [7, 11) is 0. The van der Waals surface area contributed by atoms with Crippen LogP contribution in [-0.4, -0.2) is 11.1 Å². The fraction of sp³-hybridized carbons (Fsp3) is 0.214. The second-order valence-electron chi connectivity index (χ2n) is 4.31. The van der Waals surface area contributed by atoms with Gasteiger partial charge >= 0.3 is 5.97 Å². The number of benzene rings is 1. The van der Waals surface area contributed by atoms with Crippen molar-refractivity contribution in [2.45, 2.75) is 20.4 Å². The van der Waals surface area contributed by atoms with Crippen LogP contribution < -0.4 is 5.32 Å². The first-order chi connectivity index (χ1) is 8.97. The Morgan fingerprint density at radius 2 is 2.11 bits per heavy atom. The van der Waals surface area contributed by atoms with Crippen LogP contribution in [0.5, 0.6) is 0 Å². The molecule has 0 saturated heterocycles. The Morgan fingerprint density at radius 3 is 2.68 bits per heavy atom. The molecule has 0 fully saturated rings. The molecule has 2 aromatic rings.